The topological polar surface area (TPSA) is 58.6 Å². The van der Waals surface area contributed by atoms with Crippen LogP contribution in [0.1, 0.15) is 12.8 Å². The summed E-state index contributed by atoms with van der Waals surface area (Å²) in [5, 5.41) is 0. The van der Waals surface area contributed by atoms with Crippen molar-refractivity contribution in [1.82, 2.24) is 9.62 Å². The molecule has 0 bridgehead atoms. The third-order valence-electron chi connectivity index (χ3n) is 3.79. The van der Waals surface area contributed by atoms with Crippen LogP contribution in [0.25, 0.3) is 0 Å². The van der Waals surface area contributed by atoms with Crippen LogP contribution in [0.2, 0.25) is 0 Å². The molecule has 1 heterocycles. The first-order valence-electron chi connectivity index (χ1n) is 7.56. The van der Waals surface area contributed by atoms with E-state index in [0.29, 0.717) is 12.5 Å². The molecule has 1 atom stereocenters. The van der Waals surface area contributed by atoms with Crippen molar-refractivity contribution in [1.29, 1.82) is 0 Å². The fraction of sp³-hybridized carbons (Fsp3) is 0.600. The van der Waals surface area contributed by atoms with E-state index in [-0.39, 0.29) is 10.6 Å². The second kappa shape index (κ2) is 8.03. The number of alkyl halides is 2. The SMILES string of the molecule is CN1CCC[C@@H](CNS(=O)(=O)c2ccc(OCC(F)F)cc2)C1. The summed E-state index contributed by atoms with van der Waals surface area (Å²) in [6.45, 7) is 1.61. The largest absolute Gasteiger partial charge is 0.488 e. The summed E-state index contributed by atoms with van der Waals surface area (Å²) in [7, 11) is -1.57. The Hall–Kier alpha value is -1.25. The second-order valence-electron chi connectivity index (χ2n) is 5.80. The van der Waals surface area contributed by atoms with E-state index >= 15 is 0 Å². The van der Waals surface area contributed by atoms with E-state index < -0.39 is 23.1 Å². The Bertz CT molecular complexity index is 593. The highest BCUT2D eigenvalue weighted by Gasteiger charge is 2.20. The quantitative estimate of drug-likeness (QED) is 0.818. The lowest BCUT2D eigenvalue weighted by Crippen LogP contribution is -2.39. The Morgan fingerprint density at radius 1 is 1.35 bits per heavy atom. The highest BCUT2D eigenvalue weighted by molar-refractivity contribution is 7.89. The van der Waals surface area contributed by atoms with Gasteiger partial charge in [-0.3, -0.25) is 0 Å². The standard InChI is InChI=1S/C15H22F2N2O3S/c1-19-8-2-3-12(10-19)9-18-23(20,21)14-6-4-13(5-7-14)22-11-15(16)17/h4-7,12,15,18H,2-3,8-11H2,1H3/t12-/m0/s1. The zero-order valence-electron chi connectivity index (χ0n) is 13.0. The predicted molar refractivity (Wildman–Crippen MR) is 83.4 cm³/mol. The number of halogens is 2. The molecule has 1 N–H and O–H groups in total. The van der Waals surface area contributed by atoms with E-state index in [1.165, 1.54) is 24.3 Å². The molecule has 0 radical (unpaired) electrons. The molecule has 1 aliphatic rings. The number of sulfonamides is 1. The number of benzene rings is 1. The number of nitrogens with zero attached hydrogens (tertiary/aromatic N) is 1. The number of hydrogen-bond donors (Lipinski definition) is 1. The summed E-state index contributed by atoms with van der Waals surface area (Å²) in [6, 6.07) is 5.48. The maximum Gasteiger partial charge on any atom is 0.272 e. The zero-order valence-corrected chi connectivity index (χ0v) is 13.9. The fourth-order valence-corrected chi connectivity index (χ4v) is 3.74. The molecule has 130 valence electrons. The van der Waals surface area contributed by atoms with Crippen molar-refractivity contribution in [3.05, 3.63) is 24.3 Å². The van der Waals surface area contributed by atoms with Crippen molar-refractivity contribution >= 4 is 10.0 Å². The third kappa shape index (κ3) is 5.71. The molecule has 1 saturated heterocycles. The Morgan fingerprint density at radius 2 is 2.04 bits per heavy atom. The van der Waals surface area contributed by atoms with Gasteiger partial charge in [-0.2, -0.15) is 0 Å². The summed E-state index contributed by atoms with van der Waals surface area (Å²) >= 11 is 0. The van der Waals surface area contributed by atoms with Crippen molar-refractivity contribution in [2.75, 3.05) is 33.3 Å². The van der Waals surface area contributed by atoms with E-state index in [9.17, 15) is 17.2 Å². The number of hydrogen-bond acceptors (Lipinski definition) is 4. The third-order valence-corrected chi connectivity index (χ3v) is 5.23. The molecule has 0 aromatic heterocycles. The van der Waals surface area contributed by atoms with Gasteiger partial charge in [-0.1, -0.05) is 0 Å². The molecule has 0 aliphatic carbocycles. The molecule has 23 heavy (non-hydrogen) atoms. The van der Waals surface area contributed by atoms with Crippen molar-refractivity contribution in [2.45, 2.75) is 24.2 Å². The van der Waals surface area contributed by atoms with Gasteiger partial charge in [0, 0.05) is 13.1 Å². The molecular formula is C15H22F2N2O3S. The molecule has 8 heteroatoms. The first-order chi connectivity index (χ1) is 10.9. The normalized spacial score (nSPS) is 19.9. The molecule has 2 rings (SSSR count). The van der Waals surface area contributed by atoms with Gasteiger partial charge in [0.15, 0.2) is 0 Å². The van der Waals surface area contributed by atoms with Gasteiger partial charge in [0.1, 0.15) is 12.4 Å². The van der Waals surface area contributed by atoms with Crippen molar-refractivity contribution in [3.63, 3.8) is 0 Å². The van der Waals surface area contributed by atoms with Crippen molar-refractivity contribution < 1.29 is 21.9 Å². The second-order valence-corrected chi connectivity index (χ2v) is 7.56. The maximum atomic E-state index is 12.2. The minimum absolute atomic E-state index is 0.103. The molecule has 5 nitrogen and oxygen atoms in total. The average molecular weight is 348 g/mol. The number of likely N-dealkylation sites (tertiary alicyclic amines) is 1. The number of rotatable bonds is 7. The van der Waals surface area contributed by atoms with Crippen LogP contribution in [0.5, 0.6) is 5.75 Å². The van der Waals surface area contributed by atoms with Crippen LogP contribution in [0.15, 0.2) is 29.2 Å². The predicted octanol–water partition coefficient (Wildman–Crippen LogP) is 1.95. The van der Waals surface area contributed by atoms with Gasteiger partial charge in [0.2, 0.25) is 10.0 Å². The van der Waals surface area contributed by atoms with Crippen molar-refractivity contribution in [2.24, 2.45) is 5.92 Å². The van der Waals surface area contributed by atoms with E-state index in [1.54, 1.807) is 0 Å². The van der Waals surface area contributed by atoms with E-state index in [1.807, 2.05) is 7.05 Å². The van der Waals surface area contributed by atoms with Gasteiger partial charge in [0.25, 0.3) is 6.43 Å². The minimum Gasteiger partial charge on any atom is -0.488 e. The van der Waals surface area contributed by atoms with Crippen LogP contribution in [0, 0.1) is 5.92 Å². The lowest BCUT2D eigenvalue weighted by atomic mass is 9.99. The smallest absolute Gasteiger partial charge is 0.272 e. The van der Waals surface area contributed by atoms with Gasteiger partial charge in [-0.05, 0) is 56.6 Å². The summed E-state index contributed by atoms with van der Waals surface area (Å²) < 4.78 is 56.1. The first kappa shape index (κ1) is 18.1. The van der Waals surface area contributed by atoms with Crippen LogP contribution >= 0.6 is 0 Å². The van der Waals surface area contributed by atoms with Crippen LogP contribution in [0.4, 0.5) is 8.78 Å². The molecule has 0 spiro atoms. The van der Waals surface area contributed by atoms with Crippen LogP contribution in [-0.4, -0.2) is 53.0 Å². The Balaban J connectivity index is 1.91. The van der Waals surface area contributed by atoms with E-state index in [4.69, 9.17) is 4.74 Å². The van der Waals surface area contributed by atoms with Gasteiger partial charge < -0.3 is 9.64 Å². The van der Waals surface area contributed by atoms with E-state index in [2.05, 4.69) is 9.62 Å². The number of piperidine rings is 1. The van der Waals surface area contributed by atoms with Gasteiger partial charge in [-0.25, -0.2) is 21.9 Å². The molecule has 1 aromatic carbocycles. The molecular weight excluding hydrogens is 326 g/mol. The summed E-state index contributed by atoms with van der Waals surface area (Å²) in [5.74, 6) is 0.523. The Labute approximate surface area is 135 Å². The molecule has 0 amide bonds. The van der Waals surface area contributed by atoms with Crippen LogP contribution in [-0.2, 0) is 10.0 Å². The van der Waals surface area contributed by atoms with Crippen LogP contribution < -0.4 is 9.46 Å². The molecule has 0 unspecified atom stereocenters. The summed E-state index contributed by atoms with van der Waals surface area (Å²) in [4.78, 5) is 2.29. The summed E-state index contributed by atoms with van der Waals surface area (Å²) in [6.07, 6.45) is -0.486. The summed E-state index contributed by atoms with van der Waals surface area (Å²) in [5.41, 5.74) is 0. The lowest BCUT2D eigenvalue weighted by molar-refractivity contribution is 0.0819. The van der Waals surface area contributed by atoms with Crippen molar-refractivity contribution in [3.8, 4) is 5.75 Å². The van der Waals surface area contributed by atoms with E-state index in [0.717, 1.165) is 25.9 Å². The van der Waals surface area contributed by atoms with Gasteiger partial charge >= 0.3 is 0 Å². The average Bonchev–Trinajstić information content (AvgIpc) is 2.52. The Kier molecular flexibility index (Phi) is 6.32. The zero-order chi connectivity index (χ0) is 16.9. The number of ether oxygens (including phenoxy) is 1. The Morgan fingerprint density at radius 3 is 2.65 bits per heavy atom. The number of nitrogens with one attached hydrogen (secondary N) is 1. The first-order valence-corrected chi connectivity index (χ1v) is 9.04. The highest BCUT2D eigenvalue weighted by atomic mass is 32.2. The molecule has 1 aromatic rings. The molecule has 1 fully saturated rings. The van der Waals surface area contributed by atoms with Crippen LogP contribution in [0.3, 0.4) is 0 Å². The maximum absolute atomic E-state index is 12.2. The molecule has 0 saturated carbocycles. The fourth-order valence-electron chi connectivity index (χ4n) is 2.62. The molecule has 1 aliphatic heterocycles. The highest BCUT2D eigenvalue weighted by Crippen LogP contribution is 2.18. The minimum atomic E-state index is -3.60. The monoisotopic (exact) mass is 348 g/mol. The lowest BCUT2D eigenvalue weighted by Gasteiger charge is -2.29. The van der Waals surface area contributed by atoms with Gasteiger partial charge in [0.05, 0.1) is 4.90 Å². The van der Waals surface area contributed by atoms with Gasteiger partial charge in [-0.15, -0.1) is 0 Å².